The summed E-state index contributed by atoms with van der Waals surface area (Å²) in [5.41, 5.74) is 6.13. The molecule has 0 bridgehead atoms. The van der Waals surface area contributed by atoms with Crippen molar-refractivity contribution in [2.75, 3.05) is 19.6 Å². The van der Waals surface area contributed by atoms with E-state index in [0.717, 1.165) is 18.4 Å². The van der Waals surface area contributed by atoms with Gasteiger partial charge in [0, 0.05) is 130 Å². The standard InChI is InChI=1S/C23H36N2O3.C19H36N2O3.C18H35N3O3.2C15H29NO2/c1-16(2)23(28)20(12-9-13-24-18(5)26)15-22(27)21(25-17(3)4)14-19-10-7-6-8-11-19;1-12(2)18(21-14(5)6)17(23)11-16(19(24)13(3)4)9-8-10-20-15(7)22;1-11(2)10-14(12(3)4)17(23)21-15(16(22)13(5)6)8-7-9-20-18(19)24;1-9(2)14(16-11(5)6)13(17)8-12(7)15(18)10(3)4;1-9(2)8-13(10(3)4)15(18)16-12(7)14(17)11(5)6/h6-8,10-11,16-17,20-21,25H,9,12-15H2,1-5H3,(H,24,26);12-14,16,18,21H,8-11H2,1-7H3,(H,20,22);11-15H,7-10H2,1-6H3,(H,21,23)(H3,19,20,24);9-12,14,16H,8H2,1-7H3;9-13H,8H2,1-7H3,(H,16,18). The number of nitrogens with two attached hydrogens (primary N) is 1. The molecule has 0 heterocycles. The first-order valence-corrected chi connectivity index (χ1v) is 42.4. The maximum absolute atomic E-state index is 13.1. The third kappa shape index (κ3) is 53.6. The van der Waals surface area contributed by atoms with Crippen LogP contribution in [0.25, 0.3) is 0 Å². The van der Waals surface area contributed by atoms with Crippen LogP contribution in [0.2, 0.25) is 0 Å². The van der Waals surface area contributed by atoms with Crippen molar-refractivity contribution in [1.82, 2.24) is 42.5 Å². The lowest BCUT2D eigenvalue weighted by atomic mass is 9.84. The fraction of sp³-hybridized carbons (Fsp3) is 0.789. The highest BCUT2D eigenvalue weighted by atomic mass is 16.2. The first-order valence-electron chi connectivity index (χ1n) is 42.4. The second kappa shape index (κ2) is 61.1. The van der Waals surface area contributed by atoms with Crippen LogP contribution in [0.1, 0.15) is 298 Å². The topological polar surface area (TPSA) is 344 Å². The Bertz CT molecular complexity index is 2770. The molecule has 0 aliphatic rings. The van der Waals surface area contributed by atoms with Gasteiger partial charge >= 0.3 is 6.03 Å². The number of urea groups is 1. The molecule has 0 aromatic heterocycles. The summed E-state index contributed by atoms with van der Waals surface area (Å²) in [6.45, 7) is 63.6. The van der Waals surface area contributed by atoms with E-state index in [1.165, 1.54) is 13.8 Å². The minimum Gasteiger partial charge on any atom is -0.356 e. The fourth-order valence-electron chi connectivity index (χ4n) is 13.0. The van der Waals surface area contributed by atoms with E-state index in [1.807, 2.05) is 190 Å². The second-order valence-corrected chi connectivity index (χ2v) is 35.7. The molecule has 112 heavy (non-hydrogen) atoms. The lowest BCUT2D eigenvalue weighted by molar-refractivity contribution is -0.132. The predicted molar refractivity (Wildman–Crippen MR) is 458 cm³/mol. The molecule has 10 unspecified atom stereocenters. The van der Waals surface area contributed by atoms with Gasteiger partial charge in [-0.05, 0) is 106 Å². The van der Waals surface area contributed by atoms with Gasteiger partial charge in [0.2, 0.25) is 23.6 Å². The Labute approximate surface area is 680 Å². The van der Waals surface area contributed by atoms with E-state index in [9.17, 15) is 62.3 Å². The van der Waals surface area contributed by atoms with Crippen molar-refractivity contribution in [3.8, 4) is 0 Å². The fourth-order valence-corrected chi connectivity index (χ4v) is 13.0. The average Bonchev–Trinajstić information content (AvgIpc) is 0.912. The zero-order valence-electron chi connectivity index (χ0n) is 76.2. The Morgan fingerprint density at radius 3 is 1.04 bits per heavy atom. The maximum atomic E-state index is 13.1. The van der Waals surface area contributed by atoms with Gasteiger partial charge in [-0.25, -0.2) is 4.79 Å². The molecule has 6 amide bonds. The van der Waals surface area contributed by atoms with Gasteiger partial charge in [0.15, 0.2) is 28.9 Å². The summed E-state index contributed by atoms with van der Waals surface area (Å²) < 4.78 is 0. The van der Waals surface area contributed by atoms with Gasteiger partial charge in [-0.3, -0.25) is 57.5 Å². The number of amides is 6. The van der Waals surface area contributed by atoms with Crippen LogP contribution in [-0.4, -0.2) is 144 Å². The minimum atomic E-state index is -0.581. The number of rotatable bonds is 51. The molecule has 648 valence electrons. The lowest BCUT2D eigenvalue weighted by Crippen LogP contribution is -2.46. The largest absolute Gasteiger partial charge is 0.356 e. The summed E-state index contributed by atoms with van der Waals surface area (Å²) in [6.07, 6.45) is 6.88. The van der Waals surface area contributed by atoms with Crippen LogP contribution in [0.4, 0.5) is 4.79 Å². The van der Waals surface area contributed by atoms with Gasteiger partial charge in [-0.15, -0.1) is 0 Å². The van der Waals surface area contributed by atoms with Crippen molar-refractivity contribution >= 4 is 75.9 Å². The van der Waals surface area contributed by atoms with Crippen LogP contribution in [0.3, 0.4) is 0 Å². The zero-order chi connectivity index (χ0) is 87.7. The van der Waals surface area contributed by atoms with Crippen LogP contribution in [0, 0.1) is 94.7 Å². The van der Waals surface area contributed by atoms with Crippen LogP contribution in [0.5, 0.6) is 0 Å². The van der Waals surface area contributed by atoms with Gasteiger partial charge in [-0.2, -0.15) is 0 Å². The molecular formula is C90H165N9O13. The summed E-state index contributed by atoms with van der Waals surface area (Å²) in [6, 6.07) is 8.47. The van der Waals surface area contributed by atoms with E-state index >= 15 is 0 Å². The Balaban J connectivity index is -0.000000658. The summed E-state index contributed by atoms with van der Waals surface area (Å²) >= 11 is 0. The van der Waals surface area contributed by atoms with E-state index in [4.69, 9.17) is 5.73 Å². The zero-order valence-corrected chi connectivity index (χ0v) is 76.2. The normalized spacial score (nSPS) is 14.2. The molecule has 0 spiro atoms. The Kier molecular flexibility index (Phi) is 61.0. The number of nitrogens with one attached hydrogen (secondary N) is 8. The van der Waals surface area contributed by atoms with Crippen molar-refractivity contribution in [2.24, 2.45) is 100 Å². The number of carbonyl (C=O) groups is 13. The van der Waals surface area contributed by atoms with Crippen LogP contribution in [-0.2, 0) is 64.0 Å². The molecule has 1 aromatic carbocycles. The maximum Gasteiger partial charge on any atom is 0.312 e. The Morgan fingerprint density at radius 1 is 0.357 bits per heavy atom. The number of hydrogen-bond donors (Lipinski definition) is 9. The van der Waals surface area contributed by atoms with E-state index < -0.39 is 12.1 Å². The summed E-state index contributed by atoms with van der Waals surface area (Å²) in [5.74, 6) is 1.35. The number of carbonyl (C=O) groups excluding carboxylic acids is 13. The Morgan fingerprint density at radius 2 is 0.705 bits per heavy atom. The molecule has 0 saturated heterocycles. The molecular weight excluding hydrogens is 1420 g/mol. The smallest absolute Gasteiger partial charge is 0.312 e. The first-order chi connectivity index (χ1) is 51.6. The first kappa shape index (κ1) is 112. The van der Waals surface area contributed by atoms with Crippen molar-refractivity contribution in [3.05, 3.63) is 35.9 Å². The summed E-state index contributed by atoms with van der Waals surface area (Å²) in [4.78, 5) is 157. The molecule has 0 aliphatic heterocycles. The molecule has 22 nitrogen and oxygen atoms in total. The number of primary amides is 1. The van der Waals surface area contributed by atoms with Crippen molar-refractivity contribution < 1.29 is 62.3 Å². The van der Waals surface area contributed by atoms with Gasteiger partial charge in [0.25, 0.3) is 0 Å². The second-order valence-electron chi connectivity index (χ2n) is 35.7. The Hall–Kier alpha value is -6.39. The van der Waals surface area contributed by atoms with Crippen LogP contribution >= 0.6 is 0 Å². The summed E-state index contributed by atoms with van der Waals surface area (Å²) in [5, 5.41) is 23.8. The number of ketones is 8. The van der Waals surface area contributed by atoms with Gasteiger partial charge in [0.05, 0.1) is 30.2 Å². The lowest BCUT2D eigenvalue weighted by Gasteiger charge is -2.26. The van der Waals surface area contributed by atoms with E-state index in [-0.39, 0.29) is 202 Å². The highest BCUT2D eigenvalue weighted by molar-refractivity contribution is 5.94. The SMILES string of the molecule is CC(=O)NCCCC(CC(=O)C(Cc1ccccc1)NC(C)C)C(=O)C(C)C.CC(=O)NCCCC(CC(=O)C(NC(C)C)C(C)C)C(=O)C(C)C.CC(C)CC(C(=O)NC(C)C(=O)C(C)C)C(C)C.CC(C)CC(C(=O)NC(CCCNC(N)=O)C(=O)C(C)C)C(C)C.CC(C)NC(C(=O)CC(C)C(=O)C(C)C)C(C)C. The summed E-state index contributed by atoms with van der Waals surface area (Å²) in [7, 11) is 0. The number of hydrogen-bond acceptors (Lipinski definition) is 16. The quantitative estimate of drug-likeness (QED) is 0.0274. The molecule has 1 rings (SSSR count). The predicted octanol–water partition coefficient (Wildman–Crippen LogP) is 14.4. The number of Topliss-reactive ketones (excluding diaryl/α,β-unsaturated/α-hetero) is 8. The molecule has 22 heteroatoms. The molecule has 0 saturated carbocycles. The van der Waals surface area contributed by atoms with Gasteiger partial charge in [0.1, 0.15) is 17.3 Å². The van der Waals surface area contributed by atoms with Crippen LogP contribution in [0.15, 0.2) is 30.3 Å². The molecule has 0 aliphatic carbocycles. The van der Waals surface area contributed by atoms with Crippen molar-refractivity contribution in [2.45, 2.75) is 347 Å². The highest BCUT2D eigenvalue weighted by Gasteiger charge is 2.34. The highest BCUT2D eigenvalue weighted by Crippen LogP contribution is 2.26. The van der Waals surface area contributed by atoms with E-state index in [0.29, 0.717) is 88.8 Å². The third-order valence-corrected chi connectivity index (χ3v) is 19.2. The average molecular weight is 1580 g/mol. The van der Waals surface area contributed by atoms with Gasteiger partial charge in [-0.1, -0.05) is 231 Å². The number of benzene rings is 1. The molecule has 1 aromatic rings. The monoisotopic (exact) mass is 1580 g/mol. The molecule has 10 N–H and O–H groups in total. The van der Waals surface area contributed by atoms with Crippen molar-refractivity contribution in [3.63, 3.8) is 0 Å². The van der Waals surface area contributed by atoms with E-state index in [2.05, 4.69) is 84.1 Å². The van der Waals surface area contributed by atoms with E-state index in [1.54, 1.807) is 6.92 Å². The molecule has 10 atom stereocenters. The molecule has 0 radical (unpaired) electrons. The minimum absolute atomic E-state index is 0.00311. The third-order valence-electron chi connectivity index (χ3n) is 19.2. The van der Waals surface area contributed by atoms with Gasteiger partial charge < -0.3 is 48.3 Å². The van der Waals surface area contributed by atoms with Crippen LogP contribution < -0.4 is 48.3 Å². The van der Waals surface area contributed by atoms with Crippen molar-refractivity contribution in [1.29, 1.82) is 0 Å². The molecule has 0 fully saturated rings.